The molecule has 1 heterocycles. The van der Waals surface area contributed by atoms with Gasteiger partial charge in [0.15, 0.2) is 0 Å². The number of fused-ring (bicyclic) bond motifs is 1. The molecular formula is C29H33IN4O3. The van der Waals surface area contributed by atoms with Gasteiger partial charge in [0.25, 0.3) is 0 Å². The third kappa shape index (κ3) is 7.77. The van der Waals surface area contributed by atoms with Crippen molar-refractivity contribution in [2.24, 2.45) is 5.73 Å². The summed E-state index contributed by atoms with van der Waals surface area (Å²) in [5.74, 6) is 1.12. The molecule has 0 bridgehead atoms. The van der Waals surface area contributed by atoms with Crippen molar-refractivity contribution in [3.05, 3.63) is 93.3 Å². The standard InChI is InChI=1S/C29H33IN4O3/c1-29(2,3)37-16-15-36-22-12-9-20(10-13-22)26(31)28(35)34-25(17-19-7-5-4-6-8-19)27-32-23-14-11-21(30)18-24(23)33-27/h4-14,18,25-26H,15-17,31H2,1-3H3,(H,32,33)(H,34,35)/t25-,26+/m1/s1. The van der Waals surface area contributed by atoms with Gasteiger partial charge in [-0.1, -0.05) is 42.5 Å². The van der Waals surface area contributed by atoms with Crippen LogP contribution in [0.3, 0.4) is 0 Å². The van der Waals surface area contributed by atoms with Crippen LogP contribution in [-0.4, -0.2) is 34.7 Å². The quantitative estimate of drug-likeness (QED) is 0.163. The molecule has 1 amide bonds. The maximum absolute atomic E-state index is 13.2. The second-order valence-corrected chi connectivity index (χ2v) is 11.1. The number of aromatic amines is 1. The number of benzene rings is 3. The average molecular weight is 613 g/mol. The number of rotatable bonds is 10. The first-order chi connectivity index (χ1) is 17.7. The lowest BCUT2D eigenvalue weighted by Crippen LogP contribution is -2.37. The van der Waals surface area contributed by atoms with Crippen LogP contribution < -0.4 is 15.8 Å². The molecule has 0 aliphatic heterocycles. The number of H-pyrrole nitrogens is 1. The van der Waals surface area contributed by atoms with Gasteiger partial charge in [-0.15, -0.1) is 0 Å². The summed E-state index contributed by atoms with van der Waals surface area (Å²) in [7, 11) is 0. The molecule has 0 spiro atoms. The second-order valence-electron chi connectivity index (χ2n) is 9.89. The number of halogens is 1. The highest BCUT2D eigenvalue weighted by atomic mass is 127. The number of nitrogens with zero attached hydrogens (tertiary/aromatic N) is 1. The SMILES string of the molecule is CC(C)(C)OCCOc1ccc([C@H](N)C(=O)N[C@H](Cc2ccccc2)c2nc3ccc(I)cc3[nH]2)cc1. The van der Waals surface area contributed by atoms with E-state index in [0.29, 0.717) is 36.8 Å². The topological polar surface area (TPSA) is 102 Å². The number of carbonyl (C=O) groups is 1. The third-order valence-electron chi connectivity index (χ3n) is 5.80. The number of hydrogen-bond acceptors (Lipinski definition) is 5. The lowest BCUT2D eigenvalue weighted by molar-refractivity contribution is -0.123. The van der Waals surface area contributed by atoms with Gasteiger partial charge >= 0.3 is 0 Å². The first kappa shape index (κ1) is 27.1. The van der Waals surface area contributed by atoms with Crippen molar-refractivity contribution in [1.29, 1.82) is 0 Å². The highest BCUT2D eigenvalue weighted by molar-refractivity contribution is 14.1. The van der Waals surface area contributed by atoms with Crippen molar-refractivity contribution in [1.82, 2.24) is 15.3 Å². The third-order valence-corrected chi connectivity index (χ3v) is 6.47. The van der Waals surface area contributed by atoms with Crippen LogP contribution in [0.25, 0.3) is 11.0 Å². The van der Waals surface area contributed by atoms with Crippen LogP contribution in [0.15, 0.2) is 72.8 Å². The summed E-state index contributed by atoms with van der Waals surface area (Å²) in [4.78, 5) is 21.4. The van der Waals surface area contributed by atoms with E-state index in [1.165, 1.54) is 0 Å². The van der Waals surface area contributed by atoms with Crippen molar-refractivity contribution in [3.8, 4) is 5.75 Å². The Bertz CT molecular complexity index is 1320. The molecule has 0 aliphatic rings. The van der Waals surface area contributed by atoms with E-state index in [1.807, 2.05) is 93.6 Å². The molecule has 2 atom stereocenters. The summed E-state index contributed by atoms with van der Waals surface area (Å²) in [5, 5.41) is 3.12. The Morgan fingerprint density at radius 1 is 1.05 bits per heavy atom. The van der Waals surface area contributed by atoms with E-state index in [1.54, 1.807) is 0 Å². The fourth-order valence-electron chi connectivity index (χ4n) is 3.92. The van der Waals surface area contributed by atoms with Gasteiger partial charge in [-0.25, -0.2) is 4.98 Å². The smallest absolute Gasteiger partial charge is 0.242 e. The fourth-order valence-corrected chi connectivity index (χ4v) is 4.42. The van der Waals surface area contributed by atoms with E-state index in [2.05, 4.69) is 32.9 Å². The van der Waals surface area contributed by atoms with Gasteiger partial charge in [-0.2, -0.15) is 0 Å². The number of nitrogens with two attached hydrogens (primary N) is 1. The number of imidazole rings is 1. The number of ether oxygens (including phenoxy) is 2. The number of carbonyl (C=O) groups excluding carboxylic acids is 1. The average Bonchev–Trinajstić information content (AvgIpc) is 3.29. The molecule has 0 saturated carbocycles. The molecule has 0 radical (unpaired) electrons. The van der Waals surface area contributed by atoms with Gasteiger partial charge in [-0.05, 0) is 91.2 Å². The highest BCUT2D eigenvalue weighted by Crippen LogP contribution is 2.23. The van der Waals surface area contributed by atoms with Crippen LogP contribution in [0, 0.1) is 3.57 Å². The molecule has 8 heteroatoms. The van der Waals surface area contributed by atoms with E-state index in [0.717, 1.165) is 20.2 Å². The molecule has 0 saturated heterocycles. The van der Waals surface area contributed by atoms with Gasteiger partial charge in [0.1, 0.15) is 24.2 Å². The molecule has 3 aromatic carbocycles. The Kier molecular flexibility index (Phi) is 8.83. The number of hydrogen-bond donors (Lipinski definition) is 3. The molecule has 4 rings (SSSR count). The Labute approximate surface area is 231 Å². The predicted octanol–water partition coefficient (Wildman–Crippen LogP) is 5.46. The van der Waals surface area contributed by atoms with Crippen LogP contribution in [-0.2, 0) is 16.0 Å². The van der Waals surface area contributed by atoms with Gasteiger partial charge in [0.2, 0.25) is 5.91 Å². The molecular weight excluding hydrogens is 579 g/mol. The zero-order chi connectivity index (χ0) is 26.4. The van der Waals surface area contributed by atoms with Crippen LogP contribution in [0.4, 0.5) is 0 Å². The van der Waals surface area contributed by atoms with Crippen LogP contribution in [0.2, 0.25) is 0 Å². The minimum atomic E-state index is -0.832. The van der Waals surface area contributed by atoms with E-state index in [9.17, 15) is 4.79 Å². The lowest BCUT2D eigenvalue weighted by atomic mass is 10.0. The second kappa shape index (κ2) is 12.1. The molecule has 0 aliphatic carbocycles. The summed E-state index contributed by atoms with van der Waals surface area (Å²) >= 11 is 2.27. The molecule has 0 fully saturated rings. The summed E-state index contributed by atoms with van der Waals surface area (Å²) in [6.07, 6.45) is 0.583. The van der Waals surface area contributed by atoms with Crippen molar-refractivity contribution < 1.29 is 14.3 Å². The Morgan fingerprint density at radius 3 is 2.49 bits per heavy atom. The van der Waals surface area contributed by atoms with E-state index in [4.69, 9.17) is 20.2 Å². The minimum Gasteiger partial charge on any atom is -0.491 e. The molecule has 194 valence electrons. The Morgan fingerprint density at radius 2 is 1.78 bits per heavy atom. The summed E-state index contributed by atoms with van der Waals surface area (Å²) in [6, 6.07) is 22.1. The van der Waals surface area contributed by atoms with E-state index < -0.39 is 6.04 Å². The van der Waals surface area contributed by atoms with Crippen LogP contribution in [0.5, 0.6) is 5.75 Å². The van der Waals surface area contributed by atoms with Gasteiger partial charge < -0.3 is 25.5 Å². The minimum absolute atomic E-state index is 0.202. The lowest BCUT2D eigenvalue weighted by Gasteiger charge is -2.20. The first-order valence-corrected chi connectivity index (χ1v) is 13.4. The normalized spacial score (nSPS) is 13.3. The van der Waals surface area contributed by atoms with Crippen molar-refractivity contribution in [2.75, 3.05) is 13.2 Å². The van der Waals surface area contributed by atoms with Gasteiger partial charge in [0.05, 0.1) is 29.3 Å². The maximum Gasteiger partial charge on any atom is 0.242 e. The molecule has 1 aromatic heterocycles. The molecule has 7 nitrogen and oxygen atoms in total. The zero-order valence-electron chi connectivity index (χ0n) is 21.3. The van der Waals surface area contributed by atoms with Crippen molar-refractivity contribution in [2.45, 2.75) is 44.9 Å². The summed E-state index contributed by atoms with van der Waals surface area (Å²) in [6.45, 7) is 6.96. The first-order valence-electron chi connectivity index (χ1n) is 12.3. The van der Waals surface area contributed by atoms with Crippen LogP contribution >= 0.6 is 22.6 Å². The fraction of sp³-hybridized carbons (Fsp3) is 0.310. The van der Waals surface area contributed by atoms with Crippen molar-refractivity contribution >= 4 is 39.5 Å². The molecule has 4 N–H and O–H groups in total. The Balaban J connectivity index is 1.45. The van der Waals surface area contributed by atoms with Crippen molar-refractivity contribution in [3.63, 3.8) is 0 Å². The van der Waals surface area contributed by atoms with Gasteiger partial charge in [0, 0.05) is 3.57 Å². The largest absolute Gasteiger partial charge is 0.491 e. The summed E-state index contributed by atoms with van der Waals surface area (Å²) < 4.78 is 12.5. The van der Waals surface area contributed by atoms with Crippen LogP contribution in [0.1, 0.15) is 49.8 Å². The van der Waals surface area contributed by atoms with E-state index in [-0.39, 0.29) is 17.6 Å². The highest BCUT2D eigenvalue weighted by Gasteiger charge is 2.23. The zero-order valence-corrected chi connectivity index (χ0v) is 23.5. The number of aromatic nitrogens is 2. The number of amides is 1. The molecule has 0 unspecified atom stereocenters. The summed E-state index contributed by atoms with van der Waals surface area (Å²) in [5.41, 5.74) is 9.75. The molecule has 4 aromatic rings. The maximum atomic E-state index is 13.2. The monoisotopic (exact) mass is 612 g/mol. The van der Waals surface area contributed by atoms with E-state index >= 15 is 0 Å². The van der Waals surface area contributed by atoms with Gasteiger partial charge in [-0.3, -0.25) is 4.79 Å². The number of nitrogens with one attached hydrogen (secondary N) is 2. The Hall–Kier alpha value is -2.95. The molecule has 37 heavy (non-hydrogen) atoms. The predicted molar refractivity (Wildman–Crippen MR) is 154 cm³/mol.